The Balaban J connectivity index is 1.44. The Morgan fingerprint density at radius 2 is 1.77 bits per heavy atom. The standard InChI is InChI=1S/C20H19ClN2O3/c21-17-8-6-15(7-9-17)14-26-20(25)11-10-19(24)23-13-12-18(22-23)16-4-2-1-3-5-16/h1-9H,10-14H2. The second-order valence-corrected chi connectivity index (χ2v) is 6.40. The third-order valence-electron chi connectivity index (χ3n) is 4.05. The molecule has 134 valence electrons. The van der Waals surface area contributed by atoms with Gasteiger partial charge in [-0.2, -0.15) is 5.10 Å². The van der Waals surface area contributed by atoms with Crippen molar-refractivity contribution in [3.05, 3.63) is 70.7 Å². The fourth-order valence-electron chi connectivity index (χ4n) is 2.63. The van der Waals surface area contributed by atoms with Gasteiger partial charge in [0.2, 0.25) is 5.91 Å². The molecule has 0 spiro atoms. The van der Waals surface area contributed by atoms with E-state index in [0.29, 0.717) is 11.6 Å². The number of esters is 1. The van der Waals surface area contributed by atoms with E-state index in [1.165, 1.54) is 5.01 Å². The number of hydrogen-bond donors (Lipinski definition) is 0. The molecule has 1 aliphatic heterocycles. The van der Waals surface area contributed by atoms with Gasteiger partial charge in [0.25, 0.3) is 0 Å². The zero-order valence-electron chi connectivity index (χ0n) is 14.2. The second-order valence-electron chi connectivity index (χ2n) is 5.97. The summed E-state index contributed by atoms with van der Waals surface area (Å²) in [6, 6.07) is 16.8. The van der Waals surface area contributed by atoms with Crippen molar-refractivity contribution in [2.45, 2.75) is 25.9 Å². The number of nitrogens with zero attached hydrogens (tertiary/aromatic N) is 2. The number of ether oxygens (including phenoxy) is 1. The number of benzene rings is 2. The third-order valence-corrected chi connectivity index (χ3v) is 4.30. The van der Waals surface area contributed by atoms with E-state index in [1.54, 1.807) is 24.3 Å². The Labute approximate surface area is 157 Å². The Morgan fingerprint density at radius 1 is 1.04 bits per heavy atom. The molecular weight excluding hydrogens is 352 g/mol. The maximum atomic E-state index is 12.2. The number of rotatable bonds is 6. The van der Waals surface area contributed by atoms with Gasteiger partial charge in [0.05, 0.1) is 18.7 Å². The smallest absolute Gasteiger partial charge is 0.306 e. The van der Waals surface area contributed by atoms with Gasteiger partial charge in [-0.05, 0) is 23.3 Å². The molecule has 0 saturated heterocycles. The van der Waals surface area contributed by atoms with E-state index in [9.17, 15) is 9.59 Å². The van der Waals surface area contributed by atoms with Crippen LogP contribution in [0.2, 0.25) is 5.02 Å². The lowest BCUT2D eigenvalue weighted by Gasteiger charge is -2.11. The molecule has 0 N–H and O–H groups in total. The first kappa shape index (κ1) is 18.1. The first-order valence-electron chi connectivity index (χ1n) is 8.45. The summed E-state index contributed by atoms with van der Waals surface area (Å²) in [7, 11) is 0. The van der Waals surface area contributed by atoms with Crippen LogP contribution in [0.5, 0.6) is 0 Å². The molecule has 0 unspecified atom stereocenters. The predicted molar refractivity (Wildman–Crippen MR) is 99.8 cm³/mol. The highest BCUT2D eigenvalue weighted by atomic mass is 35.5. The highest BCUT2D eigenvalue weighted by molar-refractivity contribution is 6.30. The molecule has 2 aromatic carbocycles. The summed E-state index contributed by atoms with van der Waals surface area (Å²) < 4.78 is 5.18. The molecule has 1 heterocycles. The van der Waals surface area contributed by atoms with Gasteiger partial charge in [-0.1, -0.05) is 54.1 Å². The first-order valence-corrected chi connectivity index (χ1v) is 8.83. The summed E-state index contributed by atoms with van der Waals surface area (Å²) in [5, 5.41) is 6.44. The minimum atomic E-state index is -0.403. The minimum Gasteiger partial charge on any atom is -0.461 e. The Morgan fingerprint density at radius 3 is 2.50 bits per heavy atom. The van der Waals surface area contributed by atoms with E-state index in [-0.39, 0.29) is 25.4 Å². The average molecular weight is 371 g/mol. The van der Waals surface area contributed by atoms with Crippen molar-refractivity contribution in [3.63, 3.8) is 0 Å². The number of hydrazone groups is 1. The van der Waals surface area contributed by atoms with Gasteiger partial charge in [-0.15, -0.1) is 0 Å². The van der Waals surface area contributed by atoms with Crippen molar-refractivity contribution in [2.75, 3.05) is 6.54 Å². The second kappa shape index (κ2) is 8.63. The summed E-state index contributed by atoms with van der Waals surface area (Å²) in [5.74, 6) is -0.570. The van der Waals surface area contributed by atoms with Gasteiger partial charge in [-0.3, -0.25) is 9.59 Å². The maximum absolute atomic E-state index is 12.2. The van der Waals surface area contributed by atoms with E-state index in [0.717, 1.165) is 23.3 Å². The van der Waals surface area contributed by atoms with Crippen LogP contribution in [0.25, 0.3) is 0 Å². The van der Waals surface area contributed by atoms with Crippen LogP contribution in [0, 0.1) is 0 Å². The quantitative estimate of drug-likeness (QED) is 0.727. The topological polar surface area (TPSA) is 59.0 Å². The lowest BCUT2D eigenvalue weighted by Crippen LogP contribution is -2.24. The molecule has 0 atom stereocenters. The van der Waals surface area contributed by atoms with E-state index in [4.69, 9.17) is 16.3 Å². The van der Waals surface area contributed by atoms with Crippen molar-refractivity contribution in [2.24, 2.45) is 5.10 Å². The van der Waals surface area contributed by atoms with Gasteiger partial charge in [0.1, 0.15) is 6.61 Å². The predicted octanol–water partition coefficient (Wildman–Crippen LogP) is 3.80. The molecule has 6 heteroatoms. The number of carbonyl (C=O) groups excluding carboxylic acids is 2. The molecular formula is C20H19ClN2O3. The number of amides is 1. The van der Waals surface area contributed by atoms with Gasteiger partial charge in [0.15, 0.2) is 0 Å². The van der Waals surface area contributed by atoms with Crippen molar-refractivity contribution < 1.29 is 14.3 Å². The molecule has 0 saturated carbocycles. The zero-order chi connectivity index (χ0) is 18.4. The molecule has 1 amide bonds. The Bertz CT molecular complexity index is 804. The maximum Gasteiger partial charge on any atom is 0.306 e. The highest BCUT2D eigenvalue weighted by Gasteiger charge is 2.22. The van der Waals surface area contributed by atoms with Gasteiger partial charge >= 0.3 is 5.97 Å². The van der Waals surface area contributed by atoms with Crippen LogP contribution in [-0.4, -0.2) is 29.1 Å². The van der Waals surface area contributed by atoms with E-state index in [2.05, 4.69) is 5.10 Å². The number of halogens is 1. The molecule has 2 aromatic rings. The molecule has 5 nitrogen and oxygen atoms in total. The highest BCUT2D eigenvalue weighted by Crippen LogP contribution is 2.15. The van der Waals surface area contributed by atoms with Crippen LogP contribution in [0.15, 0.2) is 59.7 Å². The van der Waals surface area contributed by atoms with Crippen LogP contribution in [0.1, 0.15) is 30.4 Å². The van der Waals surface area contributed by atoms with E-state index < -0.39 is 5.97 Å². The van der Waals surface area contributed by atoms with Crippen molar-refractivity contribution in [3.8, 4) is 0 Å². The first-order chi connectivity index (χ1) is 12.6. The van der Waals surface area contributed by atoms with Crippen molar-refractivity contribution >= 4 is 29.2 Å². The van der Waals surface area contributed by atoms with Crippen LogP contribution >= 0.6 is 11.6 Å². The Hall–Kier alpha value is -2.66. The SMILES string of the molecule is O=C(CCC(=O)N1CCC(c2ccccc2)=N1)OCc1ccc(Cl)cc1. The van der Waals surface area contributed by atoms with Gasteiger partial charge < -0.3 is 4.74 Å². The van der Waals surface area contributed by atoms with E-state index in [1.807, 2.05) is 30.3 Å². The average Bonchev–Trinajstić information content (AvgIpc) is 3.17. The molecule has 3 rings (SSSR count). The van der Waals surface area contributed by atoms with E-state index >= 15 is 0 Å². The van der Waals surface area contributed by atoms with Crippen LogP contribution in [0.3, 0.4) is 0 Å². The monoisotopic (exact) mass is 370 g/mol. The summed E-state index contributed by atoms with van der Waals surface area (Å²) in [6.07, 6.45) is 0.848. The molecule has 0 bridgehead atoms. The van der Waals surface area contributed by atoms with Crippen molar-refractivity contribution in [1.29, 1.82) is 0 Å². The molecule has 0 aliphatic carbocycles. The minimum absolute atomic E-state index is 0.0408. The summed E-state index contributed by atoms with van der Waals surface area (Å²) in [6.45, 7) is 0.715. The Kier molecular flexibility index (Phi) is 6.02. The van der Waals surface area contributed by atoms with Gasteiger partial charge in [0, 0.05) is 17.9 Å². The molecule has 0 fully saturated rings. The normalized spacial score (nSPS) is 13.4. The van der Waals surface area contributed by atoms with Crippen LogP contribution in [0.4, 0.5) is 0 Å². The summed E-state index contributed by atoms with van der Waals surface area (Å²) in [4.78, 5) is 24.1. The zero-order valence-corrected chi connectivity index (χ0v) is 15.0. The molecule has 1 aliphatic rings. The van der Waals surface area contributed by atoms with Crippen molar-refractivity contribution in [1.82, 2.24) is 5.01 Å². The van der Waals surface area contributed by atoms with Crippen LogP contribution < -0.4 is 0 Å². The number of carbonyl (C=O) groups is 2. The summed E-state index contributed by atoms with van der Waals surface area (Å²) >= 11 is 5.81. The third kappa shape index (κ3) is 4.92. The fraction of sp³-hybridized carbons (Fsp3) is 0.250. The molecule has 0 aromatic heterocycles. The number of hydrogen-bond acceptors (Lipinski definition) is 4. The largest absolute Gasteiger partial charge is 0.461 e. The summed E-state index contributed by atoms with van der Waals surface area (Å²) in [5.41, 5.74) is 2.76. The van der Waals surface area contributed by atoms with Crippen LogP contribution in [-0.2, 0) is 20.9 Å². The molecule has 26 heavy (non-hydrogen) atoms. The lowest BCUT2D eigenvalue weighted by atomic mass is 10.1. The van der Waals surface area contributed by atoms with Gasteiger partial charge in [-0.25, -0.2) is 5.01 Å². The lowest BCUT2D eigenvalue weighted by molar-refractivity contribution is -0.147. The molecule has 0 radical (unpaired) electrons. The fourth-order valence-corrected chi connectivity index (χ4v) is 2.75.